The van der Waals surface area contributed by atoms with Crippen LogP contribution in [0.15, 0.2) is 0 Å². The van der Waals surface area contributed by atoms with Crippen molar-refractivity contribution in [2.24, 2.45) is 17.3 Å². The summed E-state index contributed by atoms with van der Waals surface area (Å²) in [6.45, 7) is 14.8. The van der Waals surface area contributed by atoms with Crippen LogP contribution >= 0.6 is 0 Å². The van der Waals surface area contributed by atoms with Crippen molar-refractivity contribution in [3.05, 3.63) is 0 Å². The maximum absolute atomic E-state index is 3.55. The van der Waals surface area contributed by atoms with Crippen molar-refractivity contribution >= 4 is 0 Å². The second-order valence-corrected chi connectivity index (χ2v) is 7.36. The molecule has 0 aromatic carbocycles. The van der Waals surface area contributed by atoms with Crippen molar-refractivity contribution in [2.45, 2.75) is 53.0 Å². The minimum Gasteiger partial charge on any atom is -0.314 e. The predicted molar refractivity (Wildman–Crippen MR) is 74.2 cm³/mol. The number of hydrogen-bond donors (Lipinski definition) is 1. The highest BCUT2D eigenvalue weighted by molar-refractivity contribution is 4.86. The maximum atomic E-state index is 3.55. The SMILES string of the molecule is CC1CC(CN2CCC(C(C)(C)C)C2)CCN1. The van der Waals surface area contributed by atoms with Crippen LogP contribution in [0.2, 0.25) is 0 Å². The van der Waals surface area contributed by atoms with E-state index < -0.39 is 0 Å². The molecule has 0 spiro atoms. The first-order chi connectivity index (χ1) is 7.95. The lowest BCUT2D eigenvalue weighted by atomic mass is 9.80. The van der Waals surface area contributed by atoms with Gasteiger partial charge in [0.25, 0.3) is 0 Å². The van der Waals surface area contributed by atoms with E-state index in [-0.39, 0.29) is 0 Å². The third-order valence-corrected chi connectivity index (χ3v) is 4.75. The first-order valence-corrected chi connectivity index (χ1v) is 7.41. The van der Waals surface area contributed by atoms with Gasteiger partial charge in [0.15, 0.2) is 0 Å². The Balaban J connectivity index is 1.77. The maximum Gasteiger partial charge on any atom is 0.00418 e. The molecule has 2 aliphatic rings. The van der Waals surface area contributed by atoms with Gasteiger partial charge in [-0.3, -0.25) is 0 Å². The molecule has 0 aliphatic carbocycles. The molecule has 3 unspecified atom stereocenters. The molecular weight excluding hydrogens is 208 g/mol. The zero-order chi connectivity index (χ0) is 12.5. The van der Waals surface area contributed by atoms with Crippen molar-refractivity contribution in [3.63, 3.8) is 0 Å². The standard InChI is InChI=1S/C15H30N2/c1-12-9-13(5-7-16-12)10-17-8-6-14(11-17)15(2,3)4/h12-14,16H,5-11H2,1-4H3. The van der Waals surface area contributed by atoms with Crippen molar-refractivity contribution < 1.29 is 0 Å². The summed E-state index contributed by atoms with van der Waals surface area (Å²) in [5.74, 6) is 1.84. The van der Waals surface area contributed by atoms with E-state index >= 15 is 0 Å². The van der Waals surface area contributed by atoms with E-state index in [2.05, 4.69) is 37.9 Å². The van der Waals surface area contributed by atoms with Gasteiger partial charge in [-0.1, -0.05) is 20.8 Å². The lowest BCUT2D eigenvalue weighted by molar-refractivity contribution is 0.191. The monoisotopic (exact) mass is 238 g/mol. The Morgan fingerprint density at radius 3 is 2.59 bits per heavy atom. The summed E-state index contributed by atoms with van der Waals surface area (Å²) < 4.78 is 0. The van der Waals surface area contributed by atoms with Crippen molar-refractivity contribution in [1.82, 2.24) is 10.2 Å². The molecule has 2 fully saturated rings. The third-order valence-electron chi connectivity index (χ3n) is 4.75. The normalized spacial score (nSPS) is 36.4. The molecule has 2 rings (SSSR count). The second-order valence-electron chi connectivity index (χ2n) is 7.36. The van der Waals surface area contributed by atoms with E-state index in [4.69, 9.17) is 0 Å². The summed E-state index contributed by atoms with van der Waals surface area (Å²) in [6, 6.07) is 0.731. The fourth-order valence-corrected chi connectivity index (χ4v) is 3.47. The van der Waals surface area contributed by atoms with E-state index in [1.54, 1.807) is 0 Å². The van der Waals surface area contributed by atoms with Gasteiger partial charge in [0.2, 0.25) is 0 Å². The smallest absolute Gasteiger partial charge is 0.00418 e. The van der Waals surface area contributed by atoms with E-state index in [1.165, 1.54) is 45.4 Å². The average molecular weight is 238 g/mol. The highest BCUT2D eigenvalue weighted by atomic mass is 15.1. The van der Waals surface area contributed by atoms with Gasteiger partial charge in [0.1, 0.15) is 0 Å². The summed E-state index contributed by atoms with van der Waals surface area (Å²) >= 11 is 0. The van der Waals surface area contributed by atoms with E-state index in [0.717, 1.165) is 17.9 Å². The molecule has 100 valence electrons. The number of nitrogens with one attached hydrogen (secondary N) is 1. The van der Waals surface area contributed by atoms with Gasteiger partial charge < -0.3 is 10.2 Å². The van der Waals surface area contributed by atoms with Gasteiger partial charge in [-0.2, -0.15) is 0 Å². The van der Waals surface area contributed by atoms with Crippen LogP contribution in [0.25, 0.3) is 0 Å². The number of piperidine rings is 1. The predicted octanol–water partition coefficient (Wildman–Crippen LogP) is 2.74. The minimum atomic E-state index is 0.496. The molecule has 2 nitrogen and oxygen atoms in total. The lowest BCUT2D eigenvalue weighted by Gasteiger charge is -2.32. The second kappa shape index (κ2) is 5.27. The van der Waals surface area contributed by atoms with Crippen LogP contribution < -0.4 is 5.32 Å². The Kier molecular flexibility index (Phi) is 4.14. The number of rotatable bonds is 2. The summed E-state index contributed by atoms with van der Waals surface area (Å²) in [7, 11) is 0. The Morgan fingerprint density at radius 2 is 2.00 bits per heavy atom. The first-order valence-electron chi connectivity index (χ1n) is 7.41. The average Bonchev–Trinajstić information content (AvgIpc) is 2.65. The van der Waals surface area contributed by atoms with Crippen LogP contribution in [0.1, 0.15) is 47.0 Å². The molecule has 0 aromatic heterocycles. The molecular formula is C15H30N2. The van der Waals surface area contributed by atoms with Crippen LogP contribution in [0.5, 0.6) is 0 Å². The number of nitrogens with zero attached hydrogens (tertiary/aromatic N) is 1. The molecule has 0 bridgehead atoms. The zero-order valence-electron chi connectivity index (χ0n) is 12.1. The van der Waals surface area contributed by atoms with Crippen LogP contribution in [0, 0.1) is 17.3 Å². The number of likely N-dealkylation sites (tertiary alicyclic amines) is 1. The third kappa shape index (κ3) is 3.69. The molecule has 2 heteroatoms. The van der Waals surface area contributed by atoms with E-state index in [1.807, 2.05) is 0 Å². The van der Waals surface area contributed by atoms with Gasteiger partial charge in [-0.05, 0) is 56.5 Å². The van der Waals surface area contributed by atoms with Crippen LogP contribution in [-0.2, 0) is 0 Å². The fraction of sp³-hybridized carbons (Fsp3) is 1.00. The molecule has 0 saturated carbocycles. The molecule has 17 heavy (non-hydrogen) atoms. The first kappa shape index (κ1) is 13.4. The van der Waals surface area contributed by atoms with E-state index in [9.17, 15) is 0 Å². The van der Waals surface area contributed by atoms with Gasteiger partial charge >= 0.3 is 0 Å². The quantitative estimate of drug-likeness (QED) is 0.796. The molecule has 1 N–H and O–H groups in total. The Bertz CT molecular complexity index is 244. The molecule has 0 radical (unpaired) electrons. The fourth-order valence-electron chi connectivity index (χ4n) is 3.47. The largest absolute Gasteiger partial charge is 0.314 e. The zero-order valence-corrected chi connectivity index (χ0v) is 12.1. The molecule has 0 amide bonds. The summed E-state index contributed by atoms with van der Waals surface area (Å²) in [5.41, 5.74) is 0.496. The molecule has 3 atom stereocenters. The minimum absolute atomic E-state index is 0.496. The number of hydrogen-bond acceptors (Lipinski definition) is 2. The summed E-state index contributed by atoms with van der Waals surface area (Å²) in [4.78, 5) is 2.72. The van der Waals surface area contributed by atoms with Crippen LogP contribution in [0.3, 0.4) is 0 Å². The molecule has 2 aliphatic heterocycles. The topological polar surface area (TPSA) is 15.3 Å². The van der Waals surface area contributed by atoms with E-state index in [0.29, 0.717) is 5.41 Å². The molecule has 2 heterocycles. The van der Waals surface area contributed by atoms with Crippen molar-refractivity contribution in [2.75, 3.05) is 26.2 Å². The van der Waals surface area contributed by atoms with Crippen LogP contribution in [0.4, 0.5) is 0 Å². The van der Waals surface area contributed by atoms with Gasteiger partial charge in [0.05, 0.1) is 0 Å². The molecule has 2 saturated heterocycles. The van der Waals surface area contributed by atoms with Crippen molar-refractivity contribution in [3.8, 4) is 0 Å². The van der Waals surface area contributed by atoms with Gasteiger partial charge in [-0.25, -0.2) is 0 Å². The molecule has 0 aromatic rings. The Morgan fingerprint density at radius 1 is 1.24 bits per heavy atom. The van der Waals surface area contributed by atoms with Gasteiger partial charge in [0, 0.05) is 19.1 Å². The Hall–Kier alpha value is -0.0800. The Labute approximate surface area is 107 Å². The summed E-state index contributed by atoms with van der Waals surface area (Å²) in [6.07, 6.45) is 4.15. The van der Waals surface area contributed by atoms with Crippen LogP contribution in [-0.4, -0.2) is 37.1 Å². The van der Waals surface area contributed by atoms with Crippen molar-refractivity contribution in [1.29, 1.82) is 0 Å². The highest BCUT2D eigenvalue weighted by Gasteiger charge is 2.32. The lowest BCUT2D eigenvalue weighted by Crippen LogP contribution is -2.40. The summed E-state index contributed by atoms with van der Waals surface area (Å²) in [5, 5.41) is 3.55. The highest BCUT2D eigenvalue weighted by Crippen LogP contribution is 2.34. The van der Waals surface area contributed by atoms with Gasteiger partial charge in [-0.15, -0.1) is 0 Å².